The van der Waals surface area contributed by atoms with E-state index >= 15 is 0 Å². The van der Waals surface area contributed by atoms with E-state index < -0.39 is 0 Å². The van der Waals surface area contributed by atoms with Crippen molar-refractivity contribution < 1.29 is 38.0 Å². The second kappa shape index (κ2) is 108. The lowest BCUT2D eigenvalue weighted by Gasteiger charge is -2.18. The molecule has 0 fully saturated rings. The molecule has 0 saturated carbocycles. The molecule has 0 amide bonds. The molecule has 10 nitrogen and oxygen atoms in total. The Morgan fingerprint density at radius 1 is 0.319 bits per heavy atom. The minimum Gasteiger partial charge on any atom is -0.463 e. The zero-order valence-corrected chi connectivity index (χ0v) is 76.7. The summed E-state index contributed by atoms with van der Waals surface area (Å²) in [5.41, 5.74) is 2.02. The maximum absolute atomic E-state index is 11.5. The number of rotatable bonds is 72. The number of esters is 2. The minimum atomic E-state index is -0.264. The molecule has 0 aromatic heterocycles. The first-order valence-corrected chi connectivity index (χ1v) is 45.7. The second-order valence-electron chi connectivity index (χ2n) is 29.2. The number of hydrogen-bond acceptors (Lipinski definition) is 10. The van der Waals surface area contributed by atoms with Crippen molar-refractivity contribution in [1.29, 1.82) is 0 Å². The molecule has 0 unspecified atom stereocenters. The summed E-state index contributed by atoms with van der Waals surface area (Å²) < 4.78 is 32.3. The molecule has 0 radical (unpaired) electrons. The van der Waals surface area contributed by atoms with Gasteiger partial charge in [0.2, 0.25) is 0 Å². The van der Waals surface area contributed by atoms with Gasteiger partial charge in [0.05, 0.1) is 31.5 Å². The van der Waals surface area contributed by atoms with Crippen molar-refractivity contribution >= 4 is 24.1 Å². The highest BCUT2D eigenvalue weighted by atomic mass is 16.5. The van der Waals surface area contributed by atoms with Crippen LogP contribution in [-0.4, -0.2) is 126 Å². The van der Waals surface area contributed by atoms with Crippen molar-refractivity contribution in [2.45, 2.75) is 324 Å². The number of ether oxygens (including phenoxy) is 6. The fraction of sp³-hybridized carbons (Fsp3) is 0.604. The normalized spacial score (nSPS) is 10.5. The fourth-order valence-electron chi connectivity index (χ4n) is 11.3. The van der Waals surface area contributed by atoms with Crippen molar-refractivity contribution in [3.8, 4) is 0 Å². The van der Waals surface area contributed by atoms with E-state index in [1.807, 2.05) is 121 Å². The Labute approximate surface area is 719 Å². The van der Waals surface area contributed by atoms with Gasteiger partial charge in [-0.1, -0.05) is 355 Å². The van der Waals surface area contributed by atoms with Crippen LogP contribution < -0.4 is 0 Å². The molecule has 0 atom stereocenters. The van der Waals surface area contributed by atoms with Crippen LogP contribution >= 0.6 is 0 Å². The maximum atomic E-state index is 11.5. The topological polar surface area (TPSA) is 96.0 Å². The van der Waals surface area contributed by atoms with Crippen molar-refractivity contribution in [1.82, 2.24) is 9.80 Å². The third-order valence-electron chi connectivity index (χ3n) is 18.3. The first-order valence-electron chi connectivity index (χ1n) is 45.7. The van der Waals surface area contributed by atoms with Gasteiger partial charge in [-0.05, 0) is 126 Å². The average molecular weight is 1610 g/mol. The molecule has 0 saturated heterocycles. The predicted molar refractivity (Wildman–Crippen MR) is 517 cm³/mol. The first kappa shape index (κ1) is 120. The minimum absolute atomic E-state index is 0.0335. The van der Waals surface area contributed by atoms with E-state index in [0.717, 1.165) is 141 Å². The lowest BCUT2D eigenvalue weighted by molar-refractivity contribution is -0.138. The molecule has 0 spiro atoms. The van der Waals surface area contributed by atoms with Gasteiger partial charge in [0, 0.05) is 71.9 Å². The van der Waals surface area contributed by atoms with Crippen LogP contribution in [0.5, 0.6) is 0 Å². The van der Waals surface area contributed by atoms with Gasteiger partial charge in [-0.2, -0.15) is 0 Å². The number of nitrogens with zero attached hydrogens (tertiary/aromatic N) is 2. The Balaban J connectivity index is -0.000000301. The number of unbranched alkanes of at least 4 members (excludes halogenated alkanes) is 27. The Morgan fingerprint density at radius 2 is 0.595 bits per heavy atom. The number of carbonyl (C=O) groups excluding carboxylic acids is 2. The smallest absolute Gasteiger partial charge is 0.330 e. The lowest BCUT2D eigenvalue weighted by Crippen LogP contribution is -2.25. The van der Waals surface area contributed by atoms with E-state index in [-0.39, 0.29) is 18.0 Å². The molecule has 0 aliphatic heterocycles. The van der Waals surface area contributed by atoms with Gasteiger partial charge in [-0.15, -0.1) is 78.9 Å². The monoisotopic (exact) mass is 1610 g/mol. The molecule has 0 aliphatic carbocycles. The van der Waals surface area contributed by atoms with Crippen LogP contribution in [0.4, 0.5) is 0 Å². The lowest BCUT2D eigenvalue weighted by atomic mass is 10.0. The van der Waals surface area contributed by atoms with Crippen LogP contribution in [0, 0.1) is 5.92 Å². The second-order valence-corrected chi connectivity index (χ2v) is 29.2. The highest BCUT2D eigenvalue weighted by Crippen LogP contribution is 2.15. The number of methoxy groups -OCH3 is 1. The third-order valence-corrected chi connectivity index (χ3v) is 18.3. The number of carbonyl (C=O) groups is 2. The van der Waals surface area contributed by atoms with Crippen LogP contribution in [0.25, 0.3) is 12.2 Å². The molecule has 10 heteroatoms. The fourth-order valence-corrected chi connectivity index (χ4v) is 11.3. The summed E-state index contributed by atoms with van der Waals surface area (Å²) >= 11 is 0. The molecule has 2 aromatic rings. The molecule has 0 heterocycles. The Hall–Kier alpha value is -6.50. The number of allylic oxidation sites excluding steroid dienone is 2. The molecule has 0 bridgehead atoms. The Bertz CT molecular complexity index is 2450. The molecule has 664 valence electrons. The molecular formula is C106H182N2O8. The van der Waals surface area contributed by atoms with Crippen molar-refractivity contribution in [3.63, 3.8) is 0 Å². The van der Waals surface area contributed by atoms with Gasteiger partial charge < -0.3 is 28.4 Å². The molecule has 0 aliphatic rings. The highest BCUT2D eigenvalue weighted by molar-refractivity contribution is 5.87. The van der Waals surface area contributed by atoms with Crippen LogP contribution in [0.3, 0.4) is 0 Å². The van der Waals surface area contributed by atoms with Crippen LogP contribution in [-0.2, 0) is 38.0 Å². The molecular weight excluding hydrogens is 1430 g/mol. The van der Waals surface area contributed by atoms with Gasteiger partial charge in [0.1, 0.15) is 0 Å². The van der Waals surface area contributed by atoms with Crippen LogP contribution in [0.15, 0.2) is 225 Å². The molecule has 116 heavy (non-hydrogen) atoms. The summed E-state index contributed by atoms with van der Waals surface area (Å²) in [6, 6.07) is 19.5. The zero-order chi connectivity index (χ0) is 87.2. The average Bonchev–Trinajstić information content (AvgIpc) is 0.955. The molecule has 2 rings (SSSR count). The maximum Gasteiger partial charge on any atom is 0.330 e. The van der Waals surface area contributed by atoms with E-state index in [2.05, 4.69) is 137 Å². The Morgan fingerprint density at radius 3 is 0.897 bits per heavy atom. The SMILES string of the molecule is C=CC(C=C)CCCC.C=CC(C=C)OCCCCCCC.C=CCC(CC=C)OCCCCCCCC.C=CCC(CC=C)OCCCCCCCCC.C=CCN(CC=C)CCCCC.C=CCN(CC=C)CCCCOC.CCCCCCCCCOC(=O)/C=C/c1ccccc1.CCCCCOC(=O)/C=C/c1ccccc1. The van der Waals surface area contributed by atoms with E-state index in [1.165, 1.54) is 205 Å². The Kier molecular flexibility index (Phi) is 113. The number of benzene rings is 2. The van der Waals surface area contributed by atoms with E-state index in [0.29, 0.717) is 31.3 Å². The summed E-state index contributed by atoms with van der Waals surface area (Å²) in [5, 5.41) is 0. The van der Waals surface area contributed by atoms with Gasteiger partial charge in [0.25, 0.3) is 0 Å². The zero-order valence-electron chi connectivity index (χ0n) is 76.7. The molecule has 2 aromatic carbocycles. The third kappa shape index (κ3) is 102. The van der Waals surface area contributed by atoms with E-state index in [1.54, 1.807) is 31.4 Å². The molecule has 0 N–H and O–H groups in total. The van der Waals surface area contributed by atoms with Gasteiger partial charge in [-0.3, -0.25) is 9.80 Å². The summed E-state index contributed by atoms with van der Waals surface area (Å²) in [7, 11) is 1.74. The largest absolute Gasteiger partial charge is 0.463 e. The van der Waals surface area contributed by atoms with Crippen molar-refractivity contribution in [2.75, 3.05) is 86.0 Å². The summed E-state index contributed by atoms with van der Waals surface area (Å²) in [6.07, 6.45) is 79.2. The number of hydrogen-bond donors (Lipinski definition) is 0. The predicted octanol–water partition coefficient (Wildman–Crippen LogP) is 30.4. The van der Waals surface area contributed by atoms with Crippen molar-refractivity contribution in [3.05, 3.63) is 236 Å². The van der Waals surface area contributed by atoms with Gasteiger partial charge >= 0.3 is 11.9 Å². The highest BCUT2D eigenvalue weighted by Gasteiger charge is 2.07. The van der Waals surface area contributed by atoms with Crippen molar-refractivity contribution in [2.24, 2.45) is 5.92 Å². The summed E-state index contributed by atoms with van der Waals surface area (Å²) in [6.45, 7) is 70.8. The summed E-state index contributed by atoms with van der Waals surface area (Å²) in [5.74, 6) is 0.0183. The first-order chi connectivity index (χ1) is 56.7. The van der Waals surface area contributed by atoms with Crippen LogP contribution in [0.1, 0.15) is 316 Å². The standard InChI is InChI=1S/C18H26O2.C16H30O.C15H28O.C14H18O2.C12H22O.C11H21NO.C11H21N.C9H16/c1-2-3-4-5-6-7-11-16-20-18(19)15-14-17-12-9-8-10-13-17;1-4-7-8-9-10-11-12-15-17-16(13-5-2)14-6-3;1-4-7-8-9-10-11-14-16-15(12-5-2)13-6-3;1-2-3-7-12-16-14(15)11-10-13-8-5-4-6-9-13;1-4-7-8-9-10-11-13-12(5-2)6-3;1-4-8-12(9-5-2)10-6-7-11-13-3;1-4-7-8-11-12(9-5-2)10-6-3;1-4-7-8-9(5-2)6-3/h8-10,12-15H,2-7,11,16H2,1H3;5-6,16H,2-4,7-15H2,1H3;5-6,15H,2-4,7-14H2,1H3;4-6,8-11H,2-3,7,12H2,1H3;5-6,12H,2-4,7-11H2,1H3;4-5H,1-2,6-11H2,3H3;5-6H,2-4,7-11H2,1H3;5-6,9H,2-4,7-8H2,1H3/b15-14+;;;11-10+;;;;. The van der Waals surface area contributed by atoms with E-state index in [9.17, 15) is 9.59 Å². The van der Waals surface area contributed by atoms with Gasteiger partial charge in [-0.25, -0.2) is 9.59 Å². The summed E-state index contributed by atoms with van der Waals surface area (Å²) in [4.78, 5) is 27.4. The van der Waals surface area contributed by atoms with Crippen LogP contribution in [0.2, 0.25) is 0 Å². The quantitative estimate of drug-likeness (QED) is 0.0276. The van der Waals surface area contributed by atoms with E-state index in [4.69, 9.17) is 28.4 Å². The van der Waals surface area contributed by atoms with Gasteiger partial charge in [0.15, 0.2) is 0 Å².